The van der Waals surface area contributed by atoms with E-state index in [4.69, 9.17) is 0 Å². The molecular formula is C11H16N2O2S. The quantitative estimate of drug-likeness (QED) is 0.780. The molecular weight excluding hydrogens is 224 g/mol. The Balaban J connectivity index is 2.46. The molecule has 1 saturated heterocycles. The Morgan fingerprint density at radius 2 is 1.94 bits per heavy atom. The molecule has 2 rings (SSSR count). The number of benzene rings is 1. The van der Waals surface area contributed by atoms with Gasteiger partial charge in [-0.25, -0.2) is 0 Å². The standard InChI is InChI=1S/C11H16N2O2S/c1-3-10-6-4-5-7-11(10)13-9-8-12(2)16(13,14)15/h4-7H,3,8-9H2,1-2H3. The molecule has 0 aromatic heterocycles. The molecule has 0 N–H and O–H groups in total. The molecule has 1 aliphatic rings. The Morgan fingerprint density at radius 1 is 1.25 bits per heavy atom. The number of anilines is 1. The Bertz CT molecular complexity index is 485. The first-order valence-corrected chi connectivity index (χ1v) is 6.79. The molecule has 5 heteroatoms. The van der Waals surface area contributed by atoms with Crippen LogP contribution in [0.5, 0.6) is 0 Å². The summed E-state index contributed by atoms with van der Waals surface area (Å²) in [5.41, 5.74) is 1.88. The van der Waals surface area contributed by atoms with Gasteiger partial charge in [-0.1, -0.05) is 25.1 Å². The molecule has 0 saturated carbocycles. The van der Waals surface area contributed by atoms with E-state index < -0.39 is 10.2 Å². The molecule has 1 aromatic rings. The fraction of sp³-hybridized carbons (Fsp3) is 0.455. The molecule has 1 fully saturated rings. The summed E-state index contributed by atoms with van der Waals surface area (Å²) in [6.45, 7) is 3.13. The van der Waals surface area contributed by atoms with Crippen molar-refractivity contribution in [3.63, 3.8) is 0 Å². The van der Waals surface area contributed by atoms with Gasteiger partial charge in [0.1, 0.15) is 0 Å². The highest BCUT2D eigenvalue weighted by molar-refractivity contribution is 7.90. The minimum absolute atomic E-state index is 0.538. The van der Waals surface area contributed by atoms with Gasteiger partial charge in [0.15, 0.2) is 0 Å². The van der Waals surface area contributed by atoms with E-state index in [1.165, 1.54) is 8.61 Å². The van der Waals surface area contributed by atoms with E-state index in [1.807, 2.05) is 31.2 Å². The van der Waals surface area contributed by atoms with Gasteiger partial charge in [0.05, 0.1) is 5.69 Å². The average molecular weight is 240 g/mol. The highest BCUT2D eigenvalue weighted by atomic mass is 32.2. The van der Waals surface area contributed by atoms with Crippen molar-refractivity contribution in [1.29, 1.82) is 0 Å². The fourth-order valence-corrected chi connectivity index (χ4v) is 3.32. The second-order valence-corrected chi connectivity index (χ2v) is 5.84. The van der Waals surface area contributed by atoms with Gasteiger partial charge in [-0.05, 0) is 18.1 Å². The van der Waals surface area contributed by atoms with Crippen LogP contribution in [0.25, 0.3) is 0 Å². The Labute approximate surface area is 96.7 Å². The summed E-state index contributed by atoms with van der Waals surface area (Å²) in [4.78, 5) is 0. The highest BCUT2D eigenvalue weighted by Gasteiger charge is 2.34. The van der Waals surface area contributed by atoms with Crippen LogP contribution in [0.1, 0.15) is 12.5 Å². The number of nitrogens with zero attached hydrogens (tertiary/aromatic N) is 2. The molecule has 0 aliphatic carbocycles. The molecule has 0 amide bonds. The number of likely N-dealkylation sites (N-methyl/N-ethyl adjacent to an activating group) is 1. The molecule has 0 spiro atoms. The van der Waals surface area contributed by atoms with Gasteiger partial charge in [0.2, 0.25) is 0 Å². The van der Waals surface area contributed by atoms with Crippen molar-refractivity contribution in [2.75, 3.05) is 24.4 Å². The van der Waals surface area contributed by atoms with Gasteiger partial charge in [0.25, 0.3) is 0 Å². The van der Waals surface area contributed by atoms with Crippen LogP contribution in [0.2, 0.25) is 0 Å². The van der Waals surface area contributed by atoms with Crippen LogP contribution in [0.15, 0.2) is 24.3 Å². The molecule has 0 unspecified atom stereocenters. The first-order chi connectivity index (χ1) is 7.57. The smallest absolute Gasteiger partial charge is 0.256 e. The van der Waals surface area contributed by atoms with Gasteiger partial charge in [0, 0.05) is 20.1 Å². The number of hydrogen-bond acceptors (Lipinski definition) is 2. The summed E-state index contributed by atoms with van der Waals surface area (Å²) in [7, 11) is -1.67. The van der Waals surface area contributed by atoms with Crippen LogP contribution < -0.4 is 4.31 Å². The zero-order valence-electron chi connectivity index (χ0n) is 9.55. The maximum atomic E-state index is 12.0. The Morgan fingerprint density at radius 3 is 2.50 bits per heavy atom. The lowest BCUT2D eigenvalue weighted by atomic mass is 10.1. The topological polar surface area (TPSA) is 40.6 Å². The zero-order chi connectivity index (χ0) is 11.8. The molecule has 0 atom stereocenters. The molecule has 1 aliphatic heterocycles. The summed E-state index contributed by atoms with van der Waals surface area (Å²) < 4.78 is 26.9. The summed E-state index contributed by atoms with van der Waals surface area (Å²) in [5, 5.41) is 0. The van der Waals surface area contributed by atoms with Crippen molar-refractivity contribution in [2.45, 2.75) is 13.3 Å². The minimum atomic E-state index is -3.28. The molecule has 4 nitrogen and oxygen atoms in total. The van der Waals surface area contributed by atoms with Crippen molar-refractivity contribution in [3.8, 4) is 0 Å². The fourth-order valence-electron chi connectivity index (χ4n) is 1.93. The van der Waals surface area contributed by atoms with Crippen LogP contribution in [0, 0.1) is 0 Å². The lowest BCUT2D eigenvalue weighted by Crippen LogP contribution is -2.31. The first kappa shape index (κ1) is 11.4. The second kappa shape index (κ2) is 4.07. The SMILES string of the molecule is CCc1ccccc1N1CCN(C)S1(=O)=O. The maximum absolute atomic E-state index is 12.0. The lowest BCUT2D eigenvalue weighted by Gasteiger charge is -2.20. The van der Waals surface area contributed by atoms with Crippen LogP contribution in [-0.2, 0) is 16.6 Å². The van der Waals surface area contributed by atoms with Gasteiger partial charge in [-0.15, -0.1) is 0 Å². The predicted octanol–water partition coefficient (Wildman–Crippen LogP) is 1.25. The third-order valence-electron chi connectivity index (χ3n) is 2.93. The van der Waals surface area contributed by atoms with Gasteiger partial charge in [-0.3, -0.25) is 4.31 Å². The molecule has 0 radical (unpaired) electrons. The van der Waals surface area contributed by atoms with Crippen molar-refractivity contribution in [1.82, 2.24) is 4.31 Å². The molecule has 16 heavy (non-hydrogen) atoms. The summed E-state index contributed by atoms with van der Waals surface area (Å²) >= 11 is 0. The van der Waals surface area contributed by atoms with Crippen LogP contribution in [0.4, 0.5) is 5.69 Å². The Kier molecular flexibility index (Phi) is 2.90. The lowest BCUT2D eigenvalue weighted by molar-refractivity contribution is 0.511. The van der Waals surface area contributed by atoms with Gasteiger partial charge >= 0.3 is 10.2 Å². The van der Waals surface area contributed by atoms with Gasteiger partial charge < -0.3 is 0 Å². The van der Waals surface area contributed by atoms with E-state index >= 15 is 0 Å². The molecule has 88 valence electrons. The van der Waals surface area contributed by atoms with E-state index in [1.54, 1.807) is 7.05 Å². The monoisotopic (exact) mass is 240 g/mol. The number of hydrogen-bond donors (Lipinski definition) is 0. The van der Waals surface area contributed by atoms with E-state index in [-0.39, 0.29) is 0 Å². The highest BCUT2D eigenvalue weighted by Crippen LogP contribution is 2.27. The number of rotatable bonds is 2. The third kappa shape index (κ3) is 1.70. The normalized spacial score (nSPS) is 20.2. The first-order valence-electron chi connectivity index (χ1n) is 5.39. The van der Waals surface area contributed by atoms with Crippen molar-refractivity contribution in [3.05, 3.63) is 29.8 Å². The van der Waals surface area contributed by atoms with Crippen LogP contribution >= 0.6 is 0 Å². The number of para-hydroxylation sites is 1. The van der Waals surface area contributed by atoms with Crippen LogP contribution in [0.3, 0.4) is 0 Å². The minimum Gasteiger partial charge on any atom is -0.256 e. The van der Waals surface area contributed by atoms with E-state index in [0.29, 0.717) is 13.1 Å². The van der Waals surface area contributed by atoms with E-state index in [2.05, 4.69) is 0 Å². The average Bonchev–Trinajstić information content (AvgIpc) is 2.54. The molecule has 1 heterocycles. The van der Waals surface area contributed by atoms with Crippen molar-refractivity contribution in [2.24, 2.45) is 0 Å². The zero-order valence-corrected chi connectivity index (χ0v) is 10.4. The number of aryl methyl sites for hydroxylation is 1. The van der Waals surface area contributed by atoms with Crippen molar-refractivity contribution < 1.29 is 8.42 Å². The maximum Gasteiger partial charge on any atom is 0.303 e. The van der Waals surface area contributed by atoms with Crippen LogP contribution in [-0.4, -0.2) is 32.9 Å². The van der Waals surface area contributed by atoms with Crippen molar-refractivity contribution >= 4 is 15.9 Å². The Hall–Kier alpha value is -1.07. The van der Waals surface area contributed by atoms with Gasteiger partial charge in [-0.2, -0.15) is 12.7 Å². The summed E-state index contributed by atoms with van der Waals surface area (Å²) in [5.74, 6) is 0. The summed E-state index contributed by atoms with van der Waals surface area (Å²) in [6.07, 6.45) is 0.839. The molecule has 1 aromatic carbocycles. The predicted molar refractivity (Wildman–Crippen MR) is 64.7 cm³/mol. The van der Waals surface area contributed by atoms with E-state index in [9.17, 15) is 8.42 Å². The molecule has 0 bridgehead atoms. The van der Waals surface area contributed by atoms with E-state index in [0.717, 1.165) is 17.7 Å². The summed E-state index contributed by atoms with van der Waals surface area (Å²) in [6, 6.07) is 7.66. The third-order valence-corrected chi connectivity index (χ3v) is 4.84. The second-order valence-electron chi connectivity index (χ2n) is 3.88. The largest absolute Gasteiger partial charge is 0.303 e.